The summed E-state index contributed by atoms with van der Waals surface area (Å²) in [4.78, 5) is 25.0. The van der Waals surface area contributed by atoms with Gasteiger partial charge in [0.05, 0.1) is 6.61 Å². The molecule has 1 radical (unpaired) electrons. The zero-order valence-corrected chi connectivity index (χ0v) is 15.6. The third kappa shape index (κ3) is 6.33. The second-order valence-corrected chi connectivity index (χ2v) is 7.13. The molecule has 1 aliphatic rings. The van der Waals surface area contributed by atoms with Crippen LogP contribution in [0.1, 0.15) is 38.7 Å². The monoisotopic (exact) mass is 361 g/mol. The first-order chi connectivity index (χ1) is 12.4. The number of hydrogen-bond acceptors (Lipinski definition) is 4. The van der Waals surface area contributed by atoms with E-state index in [2.05, 4.69) is 18.6 Å². The molecule has 1 fully saturated rings. The van der Waals surface area contributed by atoms with E-state index in [-0.39, 0.29) is 0 Å². The summed E-state index contributed by atoms with van der Waals surface area (Å²) in [5.74, 6) is -0.173. The Balaban J connectivity index is 1.59. The predicted octanol–water partition coefficient (Wildman–Crippen LogP) is 2.91. The van der Waals surface area contributed by atoms with E-state index in [4.69, 9.17) is 15.2 Å². The smallest absolute Gasteiger partial charge is 0.410 e. The highest BCUT2D eigenvalue weighted by Gasteiger charge is 2.33. The van der Waals surface area contributed by atoms with Crippen molar-refractivity contribution in [1.29, 1.82) is 0 Å². The highest BCUT2D eigenvalue weighted by atomic mass is 16.6. The maximum absolute atomic E-state index is 12.1. The molecule has 1 aliphatic heterocycles. The van der Waals surface area contributed by atoms with E-state index in [1.807, 2.05) is 18.2 Å². The summed E-state index contributed by atoms with van der Waals surface area (Å²) in [5.41, 5.74) is 5.13. The van der Waals surface area contributed by atoms with Crippen molar-refractivity contribution in [3.8, 4) is 0 Å². The van der Waals surface area contributed by atoms with E-state index >= 15 is 0 Å². The number of carbonyl (C=O) groups excluding carboxylic acids is 2. The normalized spacial score (nSPS) is 15.7. The van der Waals surface area contributed by atoms with Crippen LogP contribution in [0, 0.1) is 12.3 Å². The van der Waals surface area contributed by atoms with Crippen LogP contribution in [0.25, 0.3) is 0 Å². The van der Waals surface area contributed by atoms with Crippen LogP contribution in [0.4, 0.5) is 4.79 Å². The fraction of sp³-hybridized carbons (Fsp3) is 0.550. The van der Waals surface area contributed by atoms with E-state index in [1.165, 1.54) is 19.4 Å². The molecule has 0 atom stereocenters. The van der Waals surface area contributed by atoms with Crippen LogP contribution >= 0.6 is 0 Å². The average Bonchev–Trinajstić information content (AvgIpc) is 2.62. The van der Waals surface area contributed by atoms with Crippen LogP contribution in [0.5, 0.6) is 0 Å². The van der Waals surface area contributed by atoms with E-state index in [0.29, 0.717) is 32.2 Å². The van der Waals surface area contributed by atoms with Gasteiger partial charge in [-0.2, -0.15) is 0 Å². The lowest BCUT2D eigenvalue weighted by molar-refractivity contribution is -0.134. The van der Waals surface area contributed by atoms with E-state index in [1.54, 1.807) is 4.90 Å². The van der Waals surface area contributed by atoms with Crippen LogP contribution in [0.3, 0.4) is 0 Å². The standard InChI is InChI=1S/C20H29N2O4/c1-20(2,18(21)23)26-19(24)22-12-10-16(11-13-22)9-6-14-25-15-17-7-4-3-5-8-17/h3-5,7-9,16H,6,10-15H2,1-2H3,(H2,21,23). The SMILES string of the molecule is CC(C)(OC(=O)N1CCC([CH]CCOCc2ccccc2)CC1)C(N)=O. The van der Waals surface area contributed by atoms with Gasteiger partial charge in [0.1, 0.15) is 0 Å². The van der Waals surface area contributed by atoms with Gasteiger partial charge in [-0.1, -0.05) is 30.3 Å². The quantitative estimate of drug-likeness (QED) is 0.722. The van der Waals surface area contributed by atoms with Crippen molar-refractivity contribution in [3.05, 3.63) is 42.3 Å². The Bertz CT molecular complexity index is 581. The van der Waals surface area contributed by atoms with Gasteiger partial charge >= 0.3 is 6.09 Å². The maximum atomic E-state index is 12.1. The highest BCUT2D eigenvalue weighted by molar-refractivity contribution is 5.85. The number of likely N-dealkylation sites (tertiary alicyclic amines) is 1. The molecule has 0 aliphatic carbocycles. The molecule has 143 valence electrons. The molecule has 0 saturated carbocycles. The second-order valence-electron chi connectivity index (χ2n) is 7.13. The van der Waals surface area contributed by atoms with Gasteiger partial charge in [0, 0.05) is 19.7 Å². The molecule has 2 N–H and O–H groups in total. The van der Waals surface area contributed by atoms with Crippen LogP contribution in [-0.4, -0.2) is 42.2 Å². The Morgan fingerprint density at radius 3 is 2.50 bits per heavy atom. The van der Waals surface area contributed by atoms with Crippen molar-refractivity contribution in [2.75, 3.05) is 19.7 Å². The minimum Gasteiger partial charge on any atom is -0.433 e. The molecular weight excluding hydrogens is 332 g/mol. The van der Waals surface area contributed by atoms with Crippen LogP contribution in [-0.2, 0) is 20.9 Å². The summed E-state index contributed by atoms with van der Waals surface area (Å²) in [7, 11) is 0. The van der Waals surface area contributed by atoms with Gasteiger partial charge in [-0.25, -0.2) is 4.79 Å². The molecule has 26 heavy (non-hydrogen) atoms. The summed E-state index contributed by atoms with van der Waals surface area (Å²) in [6.07, 6.45) is 4.49. The first-order valence-electron chi connectivity index (χ1n) is 9.11. The third-order valence-electron chi connectivity index (χ3n) is 4.61. The van der Waals surface area contributed by atoms with E-state index in [0.717, 1.165) is 19.3 Å². The molecule has 2 amide bonds. The first kappa shape index (κ1) is 20.2. The Labute approximate surface area is 155 Å². The molecule has 6 heteroatoms. The van der Waals surface area contributed by atoms with Gasteiger partial charge in [-0.15, -0.1) is 0 Å². The van der Waals surface area contributed by atoms with Crippen LogP contribution in [0.2, 0.25) is 0 Å². The van der Waals surface area contributed by atoms with Crippen molar-refractivity contribution in [2.45, 2.75) is 45.3 Å². The molecule has 2 rings (SSSR count). The molecule has 0 spiro atoms. The number of carbonyl (C=O) groups is 2. The number of primary amides is 1. The lowest BCUT2D eigenvalue weighted by Gasteiger charge is -2.33. The number of piperidine rings is 1. The predicted molar refractivity (Wildman–Crippen MR) is 99.1 cm³/mol. The fourth-order valence-corrected chi connectivity index (χ4v) is 2.80. The topological polar surface area (TPSA) is 81.9 Å². The third-order valence-corrected chi connectivity index (χ3v) is 4.61. The molecule has 1 aromatic carbocycles. The van der Waals surface area contributed by atoms with E-state index in [9.17, 15) is 9.59 Å². The molecule has 0 aromatic heterocycles. The molecule has 0 unspecified atom stereocenters. The minimum absolute atomic E-state index is 0.474. The summed E-state index contributed by atoms with van der Waals surface area (Å²) >= 11 is 0. The fourth-order valence-electron chi connectivity index (χ4n) is 2.80. The number of amides is 2. The highest BCUT2D eigenvalue weighted by Crippen LogP contribution is 2.22. The van der Waals surface area contributed by atoms with Crippen molar-refractivity contribution in [2.24, 2.45) is 11.7 Å². The van der Waals surface area contributed by atoms with Crippen molar-refractivity contribution >= 4 is 12.0 Å². The van der Waals surface area contributed by atoms with E-state index < -0.39 is 17.6 Å². The van der Waals surface area contributed by atoms with Gasteiger partial charge in [0.25, 0.3) is 5.91 Å². The lowest BCUT2D eigenvalue weighted by atomic mass is 9.92. The minimum atomic E-state index is -1.28. The van der Waals surface area contributed by atoms with Crippen molar-refractivity contribution < 1.29 is 19.1 Å². The average molecular weight is 361 g/mol. The van der Waals surface area contributed by atoms with Gasteiger partial charge in [-0.05, 0) is 51.0 Å². The van der Waals surface area contributed by atoms with Crippen LogP contribution in [0.15, 0.2) is 30.3 Å². The molecular formula is C20H29N2O4. The number of nitrogens with two attached hydrogens (primary N) is 1. The van der Waals surface area contributed by atoms with Gasteiger partial charge in [0.15, 0.2) is 5.60 Å². The summed E-state index contributed by atoms with van der Waals surface area (Å²) in [5, 5.41) is 0. The molecule has 1 aromatic rings. The maximum Gasteiger partial charge on any atom is 0.410 e. The Kier molecular flexibility index (Phi) is 7.45. The second kappa shape index (κ2) is 9.57. The molecule has 6 nitrogen and oxygen atoms in total. The van der Waals surface area contributed by atoms with Crippen LogP contribution < -0.4 is 5.73 Å². The Hall–Kier alpha value is -2.08. The molecule has 1 heterocycles. The number of rotatable bonds is 8. The molecule has 0 bridgehead atoms. The lowest BCUT2D eigenvalue weighted by Crippen LogP contribution is -2.47. The Morgan fingerprint density at radius 1 is 1.23 bits per heavy atom. The summed E-state index contributed by atoms with van der Waals surface area (Å²) in [6, 6.07) is 10.1. The zero-order valence-electron chi connectivity index (χ0n) is 15.6. The first-order valence-corrected chi connectivity index (χ1v) is 9.11. The summed E-state index contributed by atoms with van der Waals surface area (Å²) < 4.78 is 10.9. The number of nitrogens with zero attached hydrogens (tertiary/aromatic N) is 1. The van der Waals surface area contributed by atoms with Gasteiger partial charge in [0.2, 0.25) is 0 Å². The van der Waals surface area contributed by atoms with Gasteiger partial charge < -0.3 is 20.1 Å². The molecule has 1 saturated heterocycles. The van der Waals surface area contributed by atoms with Gasteiger partial charge in [-0.3, -0.25) is 4.79 Å². The number of hydrogen-bond donors (Lipinski definition) is 1. The number of benzene rings is 1. The zero-order chi connectivity index (χ0) is 19.0. The Morgan fingerprint density at radius 2 is 1.88 bits per heavy atom. The number of ether oxygens (including phenoxy) is 2. The van der Waals surface area contributed by atoms with Crippen molar-refractivity contribution in [1.82, 2.24) is 4.90 Å². The van der Waals surface area contributed by atoms with Crippen molar-refractivity contribution in [3.63, 3.8) is 0 Å². The largest absolute Gasteiger partial charge is 0.433 e. The summed E-state index contributed by atoms with van der Waals surface area (Å²) in [6.45, 7) is 5.59.